The lowest BCUT2D eigenvalue weighted by atomic mass is 10.0. The van der Waals surface area contributed by atoms with Gasteiger partial charge in [-0.2, -0.15) is 0 Å². The van der Waals surface area contributed by atoms with E-state index in [0.717, 1.165) is 60.6 Å². The Bertz CT molecular complexity index is 980. The molecule has 29 heavy (non-hydrogen) atoms. The van der Waals surface area contributed by atoms with E-state index in [2.05, 4.69) is 15.2 Å². The van der Waals surface area contributed by atoms with Gasteiger partial charge < -0.3 is 15.0 Å². The summed E-state index contributed by atoms with van der Waals surface area (Å²) in [6, 6.07) is 14.5. The van der Waals surface area contributed by atoms with Crippen LogP contribution in [0.25, 0.3) is 10.9 Å². The molecule has 4 rings (SSSR count). The molecule has 2 N–H and O–H groups in total. The minimum atomic E-state index is -0.298. The smallest absolute Gasteiger partial charge is 0.225 e. The van der Waals surface area contributed by atoms with Crippen molar-refractivity contribution in [3.63, 3.8) is 0 Å². The minimum Gasteiger partial charge on any atom is -0.379 e. The van der Waals surface area contributed by atoms with Gasteiger partial charge in [0.15, 0.2) is 0 Å². The van der Waals surface area contributed by atoms with Crippen LogP contribution in [0.15, 0.2) is 48.5 Å². The van der Waals surface area contributed by atoms with Crippen LogP contribution in [-0.4, -0.2) is 48.6 Å². The predicted octanol–water partition coefficient (Wildman–Crippen LogP) is 3.35. The predicted molar refractivity (Wildman–Crippen MR) is 111 cm³/mol. The number of benzene rings is 2. The Morgan fingerprint density at radius 2 is 1.97 bits per heavy atom. The van der Waals surface area contributed by atoms with E-state index in [1.54, 1.807) is 6.07 Å². The first-order chi connectivity index (χ1) is 14.1. The molecule has 1 atom stereocenters. The molecule has 2 heterocycles. The van der Waals surface area contributed by atoms with E-state index in [4.69, 9.17) is 4.74 Å². The summed E-state index contributed by atoms with van der Waals surface area (Å²) in [6.45, 7) is 5.81. The molecule has 1 aliphatic heterocycles. The number of aromatic nitrogens is 1. The maximum atomic E-state index is 13.7. The first kappa shape index (κ1) is 19.6. The molecule has 0 spiro atoms. The highest BCUT2D eigenvalue weighted by atomic mass is 19.1. The Labute approximate surface area is 169 Å². The number of morpholine rings is 1. The first-order valence-corrected chi connectivity index (χ1v) is 10.0. The van der Waals surface area contributed by atoms with Crippen molar-refractivity contribution in [2.75, 3.05) is 32.8 Å². The lowest BCUT2D eigenvalue weighted by molar-refractivity contribution is -0.121. The molecule has 6 heteroatoms. The number of fused-ring (bicyclic) bond motifs is 1. The van der Waals surface area contributed by atoms with Gasteiger partial charge >= 0.3 is 0 Å². The van der Waals surface area contributed by atoms with Gasteiger partial charge in [0.25, 0.3) is 0 Å². The highest BCUT2D eigenvalue weighted by Gasteiger charge is 2.21. The summed E-state index contributed by atoms with van der Waals surface area (Å²) >= 11 is 0. The van der Waals surface area contributed by atoms with Gasteiger partial charge in [0.05, 0.1) is 25.7 Å². The number of aromatic amines is 1. The molecule has 0 aliphatic carbocycles. The number of ether oxygens (including phenoxy) is 1. The largest absolute Gasteiger partial charge is 0.379 e. The third kappa shape index (κ3) is 4.66. The number of nitrogens with one attached hydrogen (secondary N) is 2. The van der Waals surface area contributed by atoms with Gasteiger partial charge in [0.1, 0.15) is 5.82 Å². The normalized spacial score (nSPS) is 16.1. The zero-order chi connectivity index (χ0) is 20.2. The van der Waals surface area contributed by atoms with Gasteiger partial charge in [-0.15, -0.1) is 0 Å². The Hall–Kier alpha value is -2.70. The van der Waals surface area contributed by atoms with Crippen LogP contribution in [0.1, 0.15) is 22.9 Å². The van der Waals surface area contributed by atoms with Crippen molar-refractivity contribution in [2.24, 2.45) is 0 Å². The molecule has 5 nitrogen and oxygen atoms in total. The SMILES string of the molecule is Cc1[nH]c2ccc(F)cc2c1CC(=O)NC(CN1CCOCC1)c1ccccc1. The summed E-state index contributed by atoms with van der Waals surface area (Å²) in [5.74, 6) is -0.368. The zero-order valence-electron chi connectivity index (χ0n) is 16.6. The number of aryl methyl sites for hydroxylation is 1. The highest BCUT2D eigenvalue weighted by Crippen LogP contribution is 2.24. The molecular formula is C23H26FN3O2. The summed E-state index contributed by atoms with van der Waals surface area (Å²) in [5, 5.41) is 3.96. The Morgan fingerprint density at radius 1 is 1.21 bits per heavy atom. The Balaban J connectivity index is 1.52. The first-order valence-electron chi connectivity index (χ1n) is 10.0. The van der Waals surface area contributed by atoms with Crippen molar-refractivity contribution in [3.05, 3.63) is 71.2 Å². The van der Waals surface area contributed by atoms with Crippen LogP contribution in [0.5, 0.6) is 0 Å². The van der Waals surface area contributed by atoms with Crippen LogP contribution >= 0.6 is 0 Å². The Morgan fingerprint density at radius 3 is 2.72 bits per heavy atom. The van der Waals surface area contributed by atoms with E-state index in [1.807, 2.05) is 37.3 Å². The summed E-state index contributed by atoms with van der Waals surface area (Å²) in [7, 11) is 0. The summed E-state index contributed by atoms with van der Waals surface area (Å²) in [4.78, 5) is 18.5. The highest BCUT2D eigenvalue weighted by molar-refractivity contribution is 5.90. The van der Waals surface area contributed by atoms with Gasteiger partial charge in [0, 0.05) is 36.2 Å². The van der Waals surface area contributed by atoms with Crippen LogP contribution in [0.2, 0.25) is 0 Å². The number of carbonyl (C=O) groups excluding carboxylic acids is 1. The number of rotatable bonds is 6. The fourth-order valence-corrected chi connectivity index (χ4v) is 3.95. The van der Waals surface area contributed by atoms with E-state index in [1.165, 1.54) is 12.1 Å². The maximum absolute atomic E-state index is 13.7. The molecule has 0 bridgehead atoms. The molecule has 1 aromatic heterocycles. The number of carbonyl (C=O) groups is 1. The quantitative estimate of drug-likeness (QED) is 0.673. The van der Waals surface area contributed by atoms with Crippen LogP contribution in [0, 0.1) is 12.7 Å². The van der Waals surface area contributed by atoms with Crippen LogP contribution in [0.3, 0.4) is 0 Å². The molecule has 152 valence electrons. The molecule has 1 amide bonds. The van der Waals surface area contributed by atoms with E-state index < -0.39 is 0 Å². The monoisotopic (exact) mass is 395 g/mol. The van der Waals surface area contributed by atoms with Gasteiger partial charge in [-0.25, -0.2) is 4.39 Å². The molecule has 0 saturated carbocycles. The average Bonchev–Trinajstić information content (AvgIpc) is 3.03. The second kappa shape index (κ2) is 8.76. The van der Waals surface area contributed by atoms with Gasteiger partial charge in [-0.1, -0.05) is 30.3 Å². The van der Waals surface area contributed by atoms with Gasteiger partial charge in [0.2, 0.25) is 5.91 Å². The zero-order valence-corrected chi connectivity index (χ0v) is 16.6. The van der Waals surface area contributed by atoms with Crippen LogP contribution in [-0.2, 0) is 16.0 Å². The molecule has 3 aromatic rings. The molecule has 1 saturated heterocycles. The number of halogens is 1. The third-order valence-electron chi connectivity index (χ3n) is 5.50. The van der Waals surface area contributed by atoms with E-state index in [9.17, 15) is 9.18 Å². The molecule has 1 fully saturated rings. The Kier molecular flexibility index (Phi) is 5.92. The maximum Gasteiger partial charge on any atom is 0.225 e. The van der Waals surface area contributed by atoms with Crippen LogP contribution in [0.4, 0.5) is 4.39 Å². The van der Waals surface area contributed by atoms with Crippen molar-refractivity contribution in [1.29, 1.82) is 0 Å². The van der Waals surface area contributed by atoms with Crippen LogP contribution < -0.4 is 5.32 Å². The minimum absolute atomic E-state index is 0.0691. The van der Waals surface area contributed by atoms with E-state index >= 15 is 0 Å². The van der Waals surface area contributed by atoms with Gasteiger partial charge in [-0.05, 0) is 36.2 Å². The van der Waals surface area contributed by atoms with Gasteiger partial charge in [-0.3, -0.25) is 9.69 Å². The standard InChI is InChI=1S/C23H26FN3O2/c1-16-19(20-13-18(24)7-8-21(20)25-16)14-23(28)26-22(17-5-3-2-4-6-17)15-27-9-11-29-12-10-27/h2-8,13,22,25H,9-12,14-15H2,1H3,(H,26,28). The number of nitrogens with zero attached hydrogens (tertiary/aromatic N) is 1. The molecule has 1 aliphatic rings. The van der Waals surface area contributed by atoms with E-state index in [0.29, 0.717) is 0 Å². The number of hydrogen-bond acceptors (Lipinski definition) is 3. The van der Waals surface area contributed by atoms with Crippen molar-refractivity contribution >= 4 is 16.8 Å². The van der Waals surface area contributed by atoms with Crippen molar-refractivity contribution in [3.8, 4) is 0 Å². The summed E-state index contributed by atoms with van der Waals surface area (Å²) in [5.41, 5.74) is 3.66. The molecule has 2 aromatic carbocycles. The number of H-pyrrole nitrogens is 1. The lowest BCUT2D eigenvalue weighted by Gasteiger charge is -2.31. The third-order valence-corrected chi connectivity index (χ3v) is 5.50. The van der Waals surface area contributed by atoms with Crippen molar-refractivity contribution in [1.82, 2.24) is 15.2 Å². The fraction of sp³-hybridized carbons (Fsp3) is 0.348. The summed E-state index contributed by atoms with van der Waals surface area (Å²) in [6.07, 6.45) is 0.210. The second-order valence-electron chi connectivity index (χ2n) is 7.54. The molecule has 0 radical (unpaired) electrons. The summed E-state index contributed by atoms with van der Waals surface area (Å²) < 4.78 is 19.2. The topological polar surface area (TPSA) is 57.4 Å². The average molecular weight is 395 g/mol. The van der Waals surface area contributed by atoms with Crippen molar-refractivity contribution < 1.29 is 13.9 Å². The molecule has 1 unspecified atom stereocenters. The second-order valence-corrected chi connectivity index (χ2v) is 7.54. The fourth-order valence-electron chi connectivity index (χ4n) is 3.95. The van der Waals surface area contributed by atoms with E-state index in [-0.39, 0.29) is 24.2 Å². The molecular weight excluding hydrogens is 369 g/mol. The van der Waals surface area contributed by atoms with Crippen molar-refractivity contribution in [2.45, 2.75) is 19.4 Å². The number of amides is 1. The number of hydrogen-bond donors (Lipinski definition) is 2. The lowest BCUT2D eigenvalue weighted by Crippen LogP contribution is -2.43.